The molecule has 0 radical (unpaired) electrons. The average molecular weight is 370 g/mol. The number of carboxylic acids is 1. The van der Waals surface area contributed by atoms with Gasteiger partial charge in [0.15, 0.2) is 0 Å². The molecule has 7 heteroatoms. The largest absolute Gasteiger partial charge is 0.478 e. The highest BCUT2D eigenvalue weighted by Gasteiger charge is 2.12. The molecule has 5 nitrogen and oxygen atoms in total. The number of nitrogens with one attached hydrogen (secondary N) is 1. The molecule has 4 N–H and O–H groups in total. The van der Waals surface area contributed by atoms with Gasteiger partial charge in [-0.15, -0.1) is 0 Å². The number of hydrogen-bond acceptors (Lipinski definition) is 3. The second-order valence-electron chi connectivity index (χ2n) is 4.18. The Hall–Kier alpha value is -2.05. The van der Waals surface area contributed by atoms with Crippen LogP contribution in [0.15, 0.2) is 40.9 Å². The molecule has 0 saturated heterocycles. The van der Waals surface area contributed by atoms with E-state index in [1.165, 1.54) is 12.1 Å². The average Bonchev–Trinajstić information content (AvgIpc) is 2.40. The molecular formula is C14H10BrClN2O3. The van der Waals surface area contributed by atoms with Crippen molar-refractivity contribution >= 4 is 50.8 Å². The molecule has 0 aliphatic rings. The number of amides is 1. The van der Waals surface area contributed by atoms with Crippen LogP contribution < -0.4 is 11.1 Å². The van der Waals surface area contributed by atoms with Crippen LogP contribution in [0.25, 0.3) is 0 Å². The molecule has 0 aromatic heterocycles. The molecular weight excluding hydrogens is 360 g/mol. The summed E-state index contributed by atoms with van der Waals surface area (Å²) in [6, 6.07) is 9.40. The molecule has 0 heterocycles. The number of primary amides is 1. The smallest absolute Gasteiger partial charge is 0.337 e. The zero-order valence-electron chi connectivity index (χ0n) is 10.6. The molecule has 0 fully saturated rings. The number of benzene rings is 2. The van der Waals surface area contributed by atoms with Crippen LogP contribution in [0.1, 0.15) is 20.7 Å². The lowest BCUT2D eigenvalue weighted by atomic mass is 10.1. The SMILES string of the molecule is NC(=O)c1ccc(Br)cc1Nc1ccc(Cl)c(C(=O)O)c1. The molecule has 2 aromatic carbocycles. The van der Waals surface area contributed by atoms with Gasteiger partial charge in [0.25, 0.3) is 5.91 Å². The Morgan fingerprint density at radius 2 is 1.86 bits per heavy atom. The van der Waals surface area contributed by atoms with E-state index in [4.69, 9.17) is 22.4 Å². The van der Waals surface area contributed by atoms with Gasteiger partial charge in [0.05, 0.1) is 21.8 Å². The summed E-state index contributed by atoms with van der Waals surface area (Å²) >= 11 is 9.11. The van der Waals surface area contributed by atoms with Crippen molar-refractivity contribution in [1.82, 2.24) is 0 Å². The summed E-state index contributed by atoms with van der Waals surface area (Å²) in [6.45, 7) is 0. The minimum Gasteiger partial charge on any atom is -0.478 e. The third kappa shape index (κ3) is 3.53. The third-order valence-corrected chi connectivity index (χ3v) is 3.55. The zero-order valence-corrected chi connectivity index (χ0v) is 12.9. The van der Waals surface area contributed by atoms with E-state index in [1.54, 1.807) is 24.3 Å². The minimum absolute atomic E-state index is 0.0303. The molecule has 0 bridgehead atoms. The third-order valence-electron chi connectivity index (χ3n) is 2.72. The fraction of sp³-hybridized carbons (Fsp3) is 0. The van der Waals surface area contributed by atoms with Crippen LogP contribution in [-0.4, -0.2) is 17.0 Å². The van der Waals surface area contributed by atoms with E-state index in [0.717, 1.165) is 4.47 Å². The highest BCUT2D eigenvalue weighted by molar-refractivity contribution is 9.10. The Balaban J connectivity index is 2.43. The number of anilines is 2. The van der Waals surface area contributed by atoms with E-state index in [2.05, 4.69) is 21.2 Å². The van der Waals surface area contributed by atoms with E-state index in [0.29, 0.717) is 16.9 Å². The van der Waals surface area contributed by atoms with Gasteiger partial charge in [-0.05, 0) is 36.4 Å². The van der Waals surface area contributed by atoms with Crippen LogP contribution in [0, 0.1) is 0 Å². The van der Waals surface area contributed by atoms with Gasteiger partial charge in [0.2, 0.25) is 0 Å². The number of hydrogen-bond donors (Lipinski definition) is 3. The number of halogens is 2. The Morgan fingerprint density at radius 3 is 2.48 bits per heavy atom. The van der Waals surface area contributed by atoms with E-state index in [1.807, 2.05) is 0 Å². The van der Waals surface area contributed by atoms with Gasteiger partial charge in [-0.2, -0.15) is 0 Å². The van der Waals surface area contributed by atoms with E-state index < -0.39 is 11.9 Å². The molecule has 0 unspecified atom stereocenters. The summed E-state index contributed by atoms with van der Waals surface area (Å²) < 4.78 is 0.752. The number of aromatic carboxylic acids is 1. The highest BCUT2D eigenvalue weighted by Crippen LogP contribution is 2.27. The first-order chi connectivity index (χ1) is 9.88. The lowest BCUT2D eigenvalue weighted by Crippen LogP contribution is -2.13. The van der Waals surface area contributed by atoms with Crippen LogP contribution in [-0.2, 0) is 0 Å². The summed E-state index contributed by atoms with van der Waals surface area (Å²) in [5.41, 5.74) is 6.53. The summed E-state index contributed by atoms with van der Waals surface area (Å²) in [7, 11) is 0. The van der Waals surface area contributed by atoms with Gasteiger partial charge >= 0.3 is 5.97 Å². The van der Waals surface area contributed by atoms with Gasteiger partial charge in [-0.1, -0.05) is 27.5 Å². The van der Waals surface area contributed by atoms with Crippen LogP contribution in [0.4, 0.5) is 11.4 Å². The molecule has 1 amide bonds. The predicted octanol–water partition coefficient (Wildman–Crippen LogP) is 3.64. The Morgan fingerprint density at radius 1 is 1.14 bits per heavy atom. The fourth-order valence-electron chi connectivity index (χ4n) is 1.76. The first-order valence-electron chi connectivity index (χ1n) is 5.77. The van der Waals surface area contributed by atoms with E-state index in [-0.39, 0.29) is 10.6 Å². The van der Waals surface area contributed by atoms with Crippen molar-refractivity contribution in [2.24, 2.45) is 5.73 Å². The number of rotatable bonds is 4. The summed E-state index contributed by atoms with van der Waals surface area (Å²) in [5.74, 6) is -1.72. The Labute approximate surface area is 133 Å². The van der Waals surface area contributed by atoms with Gasteiger partial charge in [0, 0.05) is 10.2 Å². The van der Waals surface area contributed by atoms with Gasteiger partial charge in [-0.3, -0.25) is 4.79 Å². The van der Waals surface area contributed by atoms with Crippen LogP contribution in [0.2, 0.25) is 5.02 Å². The predicted molar refractivity (Wildman–Crippen MR) is 84.4 cm³/mol. The first kappa shape index (κ1) is 15.3. The minimum atomic E-state index is -1.13. The number of carbonyl (C=O) groups excluding carboxylic acids is 1. The summed E-state index contributed by atoms with van der Waals surface area (Å²) in [4.78, 5) is 22.5. The molecule has 2 rings (SSSR count). The lowest BCUT2D eigenvalue weighted by Gasteiger charge is -2.11. The zero-order chi connectivity index (χ0) is 15.6. The van der Waals surface area contributed by atoms with Crippen LogP contribution in [0.3, 0.4) is 0 Å². The normalized spacial score (nSPS) is 10.2. The van der Waals surface area contributed by atoms with Crippen molar-refractivity contribution in [1.29, 1.82) is 0 Å². The number of carboxylic acid groups (broad SMARTS) is 1. The second kappa shape index (κ2) is 6.15. The van der Waals surface area contributed by atoms with Gasteiger partial charge in [-0.25, -0.2) is 4.79 Å². The molecule has 0 aliphatic carbocycles. The van der Waals surface area contributed by atoms with Crippen molar-refractivity contribution < 1.29 is 14.7 Å². The summed E-state index contributed by atoms with van der Waals surface area (Å²) in [5, 5.41) is 12.2. The Bertz CT molecular complexity index is 734. The number of carbonyl (C=O) groups is 2. The molecule has 2 aromatic rings. The Kier molecular flexibility index (Phi) is 4.50. The molecule has 108 valence electrons. The molecule has 21 heavy (non-hydrogen) atoms. The van der Waals surface area contributed by atoms with Crippen molar-refractivity contribution in [2.75, 3.05) is 5.32 Å². The first-order valence-corrected chi connectivity index (χ1v) is 6.95. The van der Waals surface area contributed by atoms with Crippen molar-refractivity contribution in [3.05, 3.63) is 57.0 Å². The summed E-state index contributed by atoms with van der Waals surface area (Å²) in [6.07, 6.45) is 0. The monoisotopic (exact) mass is 368 g/mol. The van der Waals surface area contributed by atoms with E-state index in [9.17, 15) is 9.59 Å². The van der Waals surface area contributed by atoms with Gasteiger partial charge in [0.1, 0.15) is 0 Å². The maximum atomic E-state index is 11.4. The van der Waals surface area contributed by atoms with Crippen molar-refractivity contribution in [3.63, 3.8) is 0 Å². The molecule has 0 atom stereocenters. The van der Waals surface area contributed by atoms with Gasteiger partial charge < -0.3 is 16.2 Å². The number of nitrogens with two attached hydrogens (primary N) is 1. The molecule has 0 aliphatic heterocycles. The lowest BCUT2D eigenvalue weighted by molar-refractivity contribution is 0.0697. The second-order valence-corrected chi connectivity index (χ2v) is 5.50. The maximum Gasteiger partial charge on any atom is 0.337 e. The van der Waals surface area contributed by atoms with Crippen LogP contribution in [0.5, 0.6) is 0 Å². The molecule has 0 saturated carbocycles. The fourth-order valence-corrected chi connectivity index (χ4v) is 2.32. The quantitative estimate of drug-likeness (QED) is 0.767. The van der Waals surface area contributed by atoms with Crippen molar-refractivity contribution in [2.45, 2.75) is 0 Å². The van der Waals surface area contributed by atoms with E-state index >= 15 is 0 Å². The molecule has 0 spiro atoms. The topological polar surface area (TPSA) is 92.4 Å². The van der Waals surface area contributed by atoms with Crippen LogP contribution >= 0.6 is 27.5 Å². The van der Waals surface area contributed by atoms with Crippen molar-refractivity contribution in [3.8, 4) is 0 Å². The standard InChI is InChI=1S/C14H10BrClN2O3/c15-7-1-3-9(13(17)19)12(5-7)18-8-2-4-11(16)10(6-8)14(20)21/h1-6,18H,(H2,17,19)(H,20,21). The highest BCUT2D eigenvalue weighted by atomic mass is 79.9. The maximum absolute atomic E-state index is 11.4.